The molecule has 0 saturated heterocycles. The van der Waals surface area contributed by atoms with E-state index in [1.807, 2.05) is 0 Å². The number of aliphatic hydroxyl groups excluding tert-OH is 1. The van der Waals surface area contributed by atoms with Gasteiger partial charge in [0.15, 0.2) is 0 Å². The van der Waals surface area contributed by atoms with E-state index in [9.17, 15) is 9.90 Å². The number of phenolic OH excluding ortho intramolecular Hbond substituents is 1. The molecular formula is C11H11NO3. The lowest BCUT2D eigenvalue weighted by Crippen LogP contribution is -2.08. The number of carbonyl (C=O) groups is 1. The van der Waals surface area contributed by atoms with E-state index in [1.54, 1.807) is 12.1 Å². The number of phenols is 1. The molecule has 3 N–H and O–H groups in total. The summed E-state index contributed by atoms with van der Waals surface area (Å²) in [6.45, 7) is -0.105. The van der Waals surface area contributed by atoms with Crippen molar-refractivity contribution in [3.63, 3.8) is 0 Å². The molecule has 0 bridgehead atoms. The third kappa shape index (κ3) is 1.71. The number of hydrogen-bond acceptors (Lipinski definition) is 3. The maximum atomic E-state index is 11.2. The number of hydrogen-bond donors (Lipinski definition) is 3. The van der Waals surface area contributed by atoms with Gasteiger partial charge in [0.05, 0.1) is 12.3 Å². The number of aromatic hydroxyl groups is 1. The van der Waals surface area contributed by atoms with Crippen LogP contribution < -0.4 is 5.32 Å². The molecule has 1 aromatic rings. The van der Waals surface area contributed by atoms with E-state index in [1.165, 1.54) is 12.1 Å². The minimum Gasteiger partial charge on any atom is -0.506 e. The Kier molecular flexibility index (Phi) is 2.43. The lowest BCUT2D eigenvalue weighted by atomic mass is 10.0. The Bertz CT molecular complexity index is 438. The van der Waals surface area contributed by atoms with Crippen molar-refractivity contribution in [2.24, 2.45) is 0 Å². The first-order chi connectivity index (χ1) is 7.22. The van der Waals surface area contributed by atoms with E-state index in [0.29, 0.717) is 12.1 Å². The van der Waals surface area contributed by atoms with Gasteiger partial charge in [0.1, 0.15) is 5.75 Å². The van der Waals surface area contributed by atoms with Gasteiger partial charge < -0.3 is 15.5 Å². The van der Waals surface area contributed by atoms with Gasteiger partial charge in [-0.05, 0) is 29.7 Å². The van der Waals surface area contributed by atoms with Crippen molar-refractivity contribution in [2.75, 3.05) is 5.32 Å². The van der Waals surface area contributed by atoms with Crippen LogP contribution in [-0.2, 0) is 17.8 Å². The minimum atomic E-state index is -0.265. The van der Waals surface area contributed by atoms with Crippen LogP contribution in [0.1, 0.15) is 11.1 Å². The molecular weight excluding hydrogens is 194 g/mol. The van der Waals surface area contributed by atoms with Gasteiger partial charge in [0.2, 0.25) is 5.91 Å². The second kappa shape index (κ2) is 3.74. The van der Waals surface area contributed by atoms with E-state index in [2.05, 4.69) is 5.32 Å². The van der Waals surface area contributed by atoms with Crippen LogP contribution in [0.25, 0.3) is 0 Å². The first kappa shape index (κ1) is 9.73. The number of rotatable bonds is 1. The average molecular weight is 205 g/mol. The number of fused-ring (bicyclic) bond motifs is 1. The fourth-order valence-electron chi connectivity index (χ4n) is 1.65. The highest BCUT2D eigenvalue weighted by Crippen LogP contribution is 2.32. The standard InChI is InChI=1S/C11H11NO3/c13-6-7-4-5-9(14)11-8(7)2-1-3-10(15)12-11/h1,3-5,13-14H,2,6H2,(H,12,15). The first-order valence-electron chi connectivity index (χ1n) is 4.64. The van der Waals surface area contributed by atoms with E-state index < -0.39 is 0 Å². The van der Waals surface area contributed by atoms with Gasteiger partial charge >= 0.3 is 0 Å². The molecule has 0 aromatic heterocycles. The number of nitrogens with one attached hydrogen (secondary N) is 1. The third-order valence-electron chi connectivity index (χ3n) is 2.40. The molecule has 4 nitrogen and oxygen atoms in total. The number of benzene rings is 1. The molecule has 0 aliphatic carbocycles. The van der Waals surface area contributed by atoms with Crippen molar-refractivity contribution >= 4 is 11.6 Å². The van der Waals surface area contributed by atoms with E-state index in [-0.39, 0.29) is 18.3 Å². The van der Waals surface area contributed by atoms with Gasteiger partial charge in [-0.1, -0.05) is 12.1 Å². The van der Waals surface area contributed by atoms with Crippen LogP contribution in [0.2, 0.25) is 0 Å². The van der Waals surface area contributed by atoms with Gasteiger partial charge in [0, 0.05) is 0 Å². The molecule has 0 fully saturated rings. The second-order valence-electron chi connectivity index (χ2n) is 3.35. The summed E-state index contributed by atoms with van der Waals surface area (Å²) in [4.78, 5) is 11.2. The number of anilines is 1. The van der Waals surface area contributed by atoms with E-state index in [4.69, 9.17) is 5.11 Å². The average Bonchev–Trinajstić information content (AvgIpc) is 2.41. The SMILES string of the molecule is O=C1C=CCc2c(CO)ccc(O)c2N1. The number of carbonyl (C=O) groups excluding carboxylic acids is 1. The minimum absolute atomic E-state index is 0.0271. The number of aliphatic hydroxyl groups is 1. The number of amides is 1. The molecule has 1 amide bonds. The highest BCUT2D eigenvalue weighted by atomic mass is 16.3. The fraction of sp³-hybridized carbons (Fsp3) is 0.182. The Hall–Kier alpha value is -1.81. The van der Waals surface area contributed by atoms with E-state index >= 15 is 0 Å². The zero-order valence-corrected chi connectivity index (χ0v) is 8.03. The molecule has 1 heterocycles. The Balaban J connectivity index is 2.57. The lowest BCUT2D eigenvalue weighted by molar-refractivity contribution is -0.111. The Morgan fingerprint density at radius 3 is 2.93 bits per heavy atom. The summed E-state index contributed by atoms with van der Waals surface area (Å²) >= 11 is 0. The Morgan fingerprint density at radius 2 is 2.20 bits per heavy atom. The van der Waals surface area contributed by atoms with Crippen LogP contribution in [-0.4, -0.2) is 16.1 Å². The molecule has 0 atom stereocenters. The van der Waals surface area contributed by atoms with Crippen LogP contribution in [0.5, 0.6) is 5.75 Å². The Morgan fingerprint density at radius 1 is 1.40 bits per heavy atom. The molecule has 0 unspecified atom stereocenters. The van der Waals surface area contributed by atoms with Crippen molar-refractivity contribution in [1.82, 2.24) is 0 Å². The summed E-state index contributed by atoms with van der Waals surface area (Å²) in [5.41, 5.74) is 1.88. The maximum absolute atomic E-state index is 11.2. The highest BCUT2D eigenvalue weighted by Gasteiger charge is 2.15. The van der Waals surface area contributed by atoms with Crippen molar-refractivity contribution < 1.29 is 15.0 Å². The van der Waals surface area contributed by atoms with Gasteiger partial charge in [-0.2, -0.15) is 0 Å². The molecule has 15 heavy (non-hydrogen) atoms. The summed E-state index contributed by atoms with van der Waals surface area (Å²) in [6, 6.07) is 3.12. The molecule has 1 aliphatic heterocycles. The monoisotopic (exact) mass is 205 g/mol. The van der Waals surface area contributed by atoms with Crippen molar-refractivity contribution in [3.8, 4) is 5.75 Å². The van der Waals surface area contributed by atoms with Crippen LogP contribution in [0, 0.1) is 0 Å². The maximum Gasteiger partial charge on any atom is 0.248 e. The quantitative estimate of drug-likeness (QED) is 0.597. The van der Waals surface area contributed by atoms with Gasteiger partial charge in [0.25, 0.3) is 0 Å². The zero-order valence-electron chi connectivity index (χ0n) is 8.03. The molecule has 78 valence electrons. The predicted octanol–water partition coefficient (Wildman–Crippen LogP) is 0.935. The van der Waals surface area contributed by atoms with Crippen LogP contribution in [0.4, 0.5) is 5.69 Å². The molecule has 0 spiro atoms. The fourth-order valence-corrected chi connectivity index (χ4v) is 1.65. The van der Waals surface area contributed by atoms with Gasteiger partial charge in [-0.15, -0.1) is 0 Å². The van der Waals surface area contributed by atoms with Crippen LogP contribution >= 0.6 is 0 Å². The topological polar surface area (TPSA) is 69.6 Å². The van der Waals surface area contributed by atoms with Crippen molar-refractivity contribution in [3.05, 3.63) is 35.4 Å². The largest absolute Gasteiger partial charge is 0.506 e. The third-order valence-corrected chi connectivity index (χ3v) is 2.40. The molecule has 2 rings (SSSR count). The van der Waals surface area contributed by atoms with Gasteiger partial charge in [-0.25, -0.2) is 0 Å². The molecule has 0 radical (unpaired) electrons. The smallest absolute Gasteiger partial charge is 0.248 e. The molecule has 1 aliphatic rings. The highest BCUT2D eigenvalue weighted by molar-refractivity contribution is 6.01. The predicted molar refractivity (Wildman–Crippen MR) is 55.5 cm³/mol. The summed E-state index contributed by atoms with van der Waals surface area (Å²) in [5.74, 6) is -0.238. The van der Waals surface area contributed by atoms with Crippen LogP contribution in [0.3, 0.4) is 0 Å². The molecule has 4 heteroatoms. The van der Waals surface area contributed by atoms with Crippen LogP contribution in [0.15, 0.2) is 24.3 Å². The zero-order chi connectivity index (χ0) is 10.8. The summed E-state index contributed by atoms with van der Waals surface area (Å²) < 4.78 is 0. The van der Waals surface area contributed by atoms with Gasteiger partial charge in [-0.3, -0.25) is 4.79 Å². The molecule has 0 saturated carbocycles. The summed E-state index contributed by atoms with van der Waals surface area (Å²) in [5, 5.41) is 21.3. The van der Waals surface area contributed by atoms with Crippen molar-refractivity contribution in [2.45, 2.75) is 13.0 Å². The summed E-state index contributed by atoms with van der Waals surface area (Å²) in [7, 11) is 0. The first-order valence-corrected chi connectivity index (χ1v) is 4.64. The lowest BCUT2D eigenvalue weighted by Gasteiger charge is -2.12. The second-order valence-corrected chi connectivity index (χ2v) is 3.35. The normalized spacial score (nSPS) is 14.3. The summed E-state index contributed by atoms with van der Waals surface area (Å²) in [6.07, 6.45) is 3.65. The molecule has 1 aromatic carbocycles. The number of allylic oxidation sites excluding steroid dienone is 1. The van der Waals surface area contributed by atoms with Crippen molar-refractivity contribution in [1.29, 1.82) is 0 Å². The van der Waals surface area contributed by atoms with E-state index in [0.717, 1.165) is 11.1 Å². The Labute approximate surface area is 86.9 Å².